The number of fused-ring (bicyclic) bond motifs is 1. The third kappa shape index (κ3) is 1.76. The molecule has 0 aromatic carbocycles. The maximum Gasteiger partial charge on any atom is 0.162 e. The van der Waals surface area contributed by atoms with E-state index in [1.165, 1.54) is 19.4 Å². The van der Waals surface area contributed by atoms with Gasteiger partial charge in [0.15, 0.2) is 5.65 Å². The molecule has 1 aliphatic rings. The Hall–Kier alpha value is -1.62. The van der Waals surface area contributed by atoms with Gasteiger partial charge in [0, 0.05) is 12.5 Å². The minimum Gasteiger partial charge on any atom is -0.385 e. The SMILES string of the molecule is CN1CCCC1Cc1nnc2cccc(N)n12. The molecule has 3 rings (SSSR count). The predicted molar refractivity (Wildman–Crippen MR) is 66.8 cm³/mol. The Morgan fingerprint density at radius 2 is 2.29 bits per heavy atom. The van der Waals surface area contributed by atoms with Gasteiger partial charge >= 0.3 is 0 Å². The van der Waals surface area contributed by atoms with Crippen LogP contribution in [0.15, 0.2) is 18.2 Å². The highest BCUT2D eigenvalue weighted by atomic mass is 15.3. The molecule has 17 heavy (non-hydrogen) atoms. The molecule has 0 aliphatic carbocycles. The molecule has 0 amide bonds. The van der Waals surface area contributed by atoms with E-state index in [1.807, 2.05) is 22.6 Å². The predicted octanol–water partition coefficient (Wildman–Crippen LogP) is 0.948. The van der Waals surface area contributed by atoms with Gasteiger partial charge in [-0.25, -0.2) is 0 Å². The molecule has 3 heterocycles. The van der Waals surface area contributed by atoms with Crippen LogP contribution >= 0.6 is 0 Å². The van der Waals surface area contributed by atoms with E-state index in [0.29, 0.717) is 11.9 Å². The number of likely N-dealkylation sites (tertiary alicyclic amines) is 1. The molecule has 0 radical (unpaired) electrons. The summed E-state index contributed by atoms with van der Waals surface area (Å²) in [7, 11) is 2.17. The van der Waals surface area contributed by atoms with E-state index < -0.39 is 0 Å². The number of pyridine rings is 1. The van der Waals surface area contributed by atoms with Gasteiger partial charge in [-0.15, -0.1) is 10.2 Å². The lowest BCUT2D eigenvalue weighted by Crippen LogP contribution is -2.27. The lowest BCUT2D eigenvalue weighted by atomic mass is 10.1. The van der Waals surface area contributed by atoms with Crippen molar-refractivity contribution in [2.45, 2.75) is 25.3 Å². The van der Waals surface area contributed by atoms with Gasteiger partial charge in [0.25, 0.3) is 0 Å². The molecule has 0 spiro atoms. The van der Waals surface area contributed by atoms with Crippen LogP contribution in [0.4, 0.5) is 5.82 Å². The number of aromatic nitrogens is 3. The Morgan fingerprint density at radius 3 is 3.06 bits per heavy atom. The fourth-order valence-corrected chi connectivity index (χ4v) is 2.61. The average molecular weight is 231 g/mol. The summed E-state index contributed by atoms with van der Waals surface area (Å²) in [5.74, 6) is 1.68. The second-order valence-corrected chi connectivity index (χ2v) is 4.74. The third-order valence-corrected chi connectivity index (χ3v) is 3.62. The quantitative estimate of drug-likeness (QED) is 0.836. The molecule has 2 aromatic heterocycles. The van der Waals surface area contributed by atoms with Gasteiger partial charge in [-0.2, -0.15) is 0 Å². The molecule has 0 saturated carbocycles. The van der Waals surface area contributed by atoms with Crippen LogP contribution in [0.2, 0.25) is 0 Å². The second kappa shape index (κ2) is 4.00. The zero-order chi connectivity index (χ0) is 11.8. The fourth-order valence-electron chi connectivity index (χ4n) is 2.61. The number of nitrogen functional groups attached to an aromatic ring is 1. The van der Waals surface area contributed by atoms with Crippen molar-refractivity contribution in [2.24, 2.45) is 0 Å². The van der Waals surface area contributed by atoms with Crippen molar-refractivity contribution in [1.29, 1.82) is 0 Å². The lowest BCUT2D eigenvalue weighted by Gasteiger charge is -2.18. The van der Waals surface area contributed by atoms with Crippen LogP contribution in [0.25, 0.3) is 5.65 Å². The third-order valence-electron chi connectivity index (χ3n) is 3.62. The molecule has 2 N–H and O–H groups in total. The number of nitrogens with two attached hydrogens (primary N) is 1. The summed E-state index contributed by atoms with van der Waals surface area (Å²) in [4.78, 5) is 2.39. The molecule has 1 atom stereocenters. The summed E-state index contributed by atoms with van der Waals surface area (Å²) in [6, 6.07) is 6.30. The average Bonchev–Trinajstić information content (AvgIpc) is 2.89. The molecule has 2 aromatic rings. The number of rotatable bonds is 2. The normalized spacial score (nSPS) is 21.4. The van der Waals surface area contributed by atoms with Crippen molar-refractivity contribution in [3.8, 4) is 0 Å². The number of nitrogens with zero attached hydrogens (tertiary/aromatic N) is 4. The van der Waals surface area contributed by atoms with Gasteiger partial charge in [0.2, 0.25) is 0 Å². The molecular formula is C12H17N5. The van der Waals surface area contributed by atoms with E-state index in [9.17, 15) is 0 Å². The van der Waals surface area contributed by atoms with Crippen molar-refractivity contribution < 1.29 is 0 Å². The van der Waals surface area contributed by atoms with E-state index >= 15 is 0 Å². The fraction of sp³-hybridized carbons (Fsp3) is 0.500. The largest absolute Gasteiger partial charge is 0.385 e. The Balaban J connectivity index is 1.95. The highest BCUT2D eigenvalue weighted by molar-refractivity contribution is 5.47. The maximum atomic E-state index is 5.98. The van der Waals surface area contributed by atoms with Gasteiger partial charge in [-0.05, 0) is 38.6 Å². The Kier molecular flexibility index (Phi) is 2.48. The summed E-state index contributed by atoms with van der Waals surface area (Å²) in [6.07, 6.45) is 3.43. The number of hydrogen-bond donors (Lipinski definition) is 1. The molecule has 1 unspecified atom stereocenters. The summed E-state index contributed by atoms with van der Waals surface area (Å²) >= 11 is 0. The van der Waals surface area contributed by atoms with Crippen LogP contribution in [0.5, 0.6) is 0 Å². The zero-order valence-electron chi connectivity index (χ0n) is 10.0. The Morgan fingerprint density at radius 1 is 1.41 bits per heavy atom. The van der Waals surface area contributed by atoms with Crippen LogP contribution in [-0.4, -0.2) is 39.1 Å². The standard InChI is InChI=1S/C12H17N5/c1-16-7-3-4-9(16)8-12-15-14-11-6-2-5-10(13)17(11)12/h2,5-6,9H,3-4,7-8,13H2,1H3. The topological polar surface area (TPSA) is 59.5 Å². The number of anilines is 1. The Labute approximate surface area is 100 Å². The van der Waals surface area contributed by atoms with Gasteiger partial charge in [0.05, 0.1) is 0 Å². The highest BCUT2D eigenvalue weighted by Gasteiger charge is 2.23. The zero-order valence-corrected chi connectivity index (χ0v) is 10.0. The van der Waals surface area contributed by atoms with Crippen LogP contribution in [0.1, 0.15) is 18.7 Å². The van der Waals surface area contributed by atoms with Crippen LogP contribution in [0, 0.1) is 0 Å². The van der Waals surface area contributed by atoms with Crippen LogP contribution in [0.3, 0.4) is 0 Å². The summed E-state index contributed by atoms with van der Waals surface area (Å²) in [5, 5.41) is 8.42. The van der Waals surface area contributed by atoms with Crippen molar-refractivity contribution in [3.63, 3.8) is 0 Å². The van der Waals surface area contributed by atoms with Crippen molar-refractivity contribution >= 4 is 11.5 Å². The molecule has 1 aliphatic heterocycles. The van der Waals surface area contributed by atoms with Gasteiger partial charge in [-0.3, -0.25) is 4.40 Å². The molecule has 1 fully saturated rings. The first-order valence-corrected chi connectivity index (χ1v) is 6.04. The number of likely N-dealkylation sites (N-methyl/N-ethyl adjacent to an activating group) is 1. The highest BCUT2D eigenvalue weighted by Crippen LogP contribution is 2.20. The second-order valence-electron chi connectivity index (χ2n) is 4.74. The molecule has 5 nitrogen and oxygen atoms in total. The smallest absolute Gasteiger partial charge is 0.162 e. The van der Waals surface area contributed by atoms with Crippen molar-refractivity contribution in [3.05, 3.63) is 24.0 Å². The first kappa shape index (κ1) is 10.5. The molecule has 1 saturated heterocycles. The first-order valence-electron chi connectivity index (χ1n) is 6.04. The minimum atomic E-state index is 0.571. The van der Waals surface area contributed by atoms with Crippen LogP contribution < -0.4 is 5.73 Å². The first-order chi connectivity index (χ1) is 8.25. The summed E-state index contributed by atoms with van der Waals surface area (Å²) < 4.78 is 1.95. The molecule has 0 bridgehead atoms. The molecule has 90 valence electrons. The van der Waals surface area contributed by atoms with E-state index in [0.717, 1.165) is 17.9 Å². The van der Waals surface area contributed by atoms with E-state index in [4.69, 9.17) is 5.73 Å². The van der Waals surface area contributed by atoms with Crippen LogP contribution in [-0.2, 0) is 6.42 Å². The van der Waals surface area contributed by atoms with E-state index in [2.05, 4.69) is 22.1 Å². The Bertz CT molecular complexity index is 533. The minimum absolute atomic E-state index is 0.571. The van der Waals surface area contributed by atoms with Gasteiger partial charge in [0.1, 0.15) is 11.6 Å². The van der Waals surface area contributed by atoms with Gasteiger partial charge < -0.3 is 10.6 Å². The molecule has 5 heteroatoms. The summed E-state index contributed by atoms with van der Waals surface area (Å²) in [6.45, 7) is 1.18. The van der Waals surface area contributed by atoms with E-state index in [-0.39, 0.29) is 0 Å². The summed E-state index contributed by atoms with van der Waals surface area (Å²) in [5.41, 5.74) is 6.81. The van der Waals surface area contributed by atoms with Crippen molar-refractivity contribution in [1.82, 2.24) is 19.5 Å². The maximum absolute atomic E-state index is 5.98. The van der Waals surface area contributed by atoms with Gasteiger partial charge in [-0.1, -0.05) is 6.07 Å². The molecular weight excluding hydrogens is 214 g/mol. The number of hydrogen-bond acceptors (Lipinski definition) is 4. The van der Waals surface area contributed by atoms with E-state index in [1.54, 1.807) is 0 Å². The monoisotopic (exact) mass is 231 g/mol. The van der Waals surface area contributed by atoms with Crippen molar-refractivity contribution in [2.75, 3.05) is 19.3 Å². The lowest BCUT2D eigenvalue weighted by molar-refractivity contribution is 0.305.